The van der Waals surface area contributed by atoms with Gasteiger partial charge in [0.05, 0.1) is 19.8 Å². The van der Waals surface area contributed by atoms with Gasteiger partial charge in [0, 0.05) is 6.08 Å². The lowest BCUT2D eigenvalue weighted by atomic mass is 10.0. The van der Waals surface area contributed by atoms with Gasteiger partial charge in [-0.1, -0.05) is 81.4 Å². The van der Waals surface area contributed by atoms with Gasteiger partial charge in [0.15, 0.2) is 11.6 Å². The zero-order valence-electron chi connectivity index (χ0n) is 25.1. The predicted molar refractivity (Wildman–Crippen MR) is 157 cm³/mol. The highest BCUT2D eigenvalue weighted by molar-refractivity contribution is 6.99. The molecule has 218 valence electrons. The maximum atomic E-state index is 12.9. The fourth-order valence-electron chi connectivity index (χ4n) is 5.72. The van der Waals surface area contributed by atoms with Crippen molar-refractivity contribution in [2.75, 3.05) is 19.8 Å². The highest BCUT2D eigenvalue weighted by Gasteiger charge is 2.53. The van der Waals surface area contributed by atoms with Crippen LogP contribution < -0.4 is 10.4 Å². The third-order valence-electron chi connectivity index (χ3n) is 7.35. The van der Waals surface area contributed by atoms with Crippen LogP contribution in [0, 0.1) is 0 Å². The van der Waals surface area contributed by atoms with Gasteiger partial charge in [0.2, 0.25) is 0 Å². The first-order valence-electron chi connectivity index (χ1n) is 14.1. The number of esters is 1. The summed E-state index contributed by atoms with van der Waals surface area (Å²) in [4.78, 5) is 12.9. The van der Waals surface area contributed by atoms with Gasteiger partial charge in [-0.3, -0.25) is 0 Å². The molecule has 0 bridgehead atoms. The van der Waals surface area contributed by atoms with Crippen LogP contribution in [-0.4, -0.2) is 64.0 Å². The van der Waals surface area contributed by atoms with Crippen molar-refractivity contribution in [1.82, 2.24) is 0 Å². The highest BCUT2D eigenvalue weighted by atomic mass is 28.4. The first kappa shape index (κ1) is 30.6. The molecule has 7 nitrogen and oxygen atoms in total. The van der Waals surface area contributed by atoms with E-state index in [1.807, 2.05) is 39.8 Å². The number of carbonyl (C=O) groups is 1. The van der Waals surface area contributed by atoms with Crippen LogP contribution in [-0.2, 0) is 32.9 Å². The lowest BCUT2D eigenvalue weighted by molar-refractivity contribution is -0.174. The molecule has 2 saturated heterocycles. The average Bonchev–Trinajstić information content (AvgIpc) is 3.42. The molecule has 0 aliphatic carbocycles. The first-order valence-corrected chi connectivity index (χ1v) is 16.0. The summed E-state index contributed by atoms with van der Waals surface area (Å²) >= 11 is 0. The molecule has 2 aromatic carbocycles. The van der Waals surface area contributed by atoms with Crippen molar-refractivity contribution in [3.05, 3.63) is 72.3 Å². The van der Waals surface area contributed by atoms with Crippen LogP contribution in [0.2, 0.25) is 5.04 Å². The van der Waals surface area contributed by atoms with E-state index in [0.717, 1.165) is 10.4 Å². The number of rotatable bonds is 9. The summed E-state index contributed by atoms with van der Waals surface area (Å²) in [6.07, 6.45) is 0.0329. The van der Waals surface area contributed by atoms with Crippen molar-refractivity contribution < 1.29 is 32.9 Å². The van der Waals surface area contributed by atoms with E-state index < -0.39 is 38.1 Å². The molecule has 0 amide bonds. The van der Waals surface area contributed by atoms with Gasteiger partial charge in [-0.25, -0.2) is 4.79 Å². The van der Waals surface area contributed by atoms with Gasteiger partial charge in [-0.05, 0) is 55.6 Å². The quantitative estimate of drug-likeness (QED) is 0.246. The topological polar surface area (TPSA) is 72.5 Å². The van der Waals surface area contributed by atoms with Crippen molar-refractivity contribution >= 4 is 24.7 Å². The molecule has 2 aromatic rings. The maximum absolute atomic E-state index is 12.9. The van der Waals surface area contributed by atoms with E-state index in [2.05, 4.69) is 69.3 Å². The summed E-state index contributed by atoms with van der Waals surface area (Å²) in [6, 6.07) is 20.8. The highest BCUT2D eigenvalue weighted by Crippen LogP contribution is 2.40. The fraction of sp³-hybridized carbons (Fsp3) is 0.531. The third-order valence-corrected chi connectivity index (χ3v) is 12.3. The van der Waals surface area contributed by atoms with Gasteiger partial charge in [0.25, 0.3) is 8.32 Å². The minimum atomic E-state index is -2.89. The zero-order chi connectivity index (χ0) is 29.2. The zero-order valence-corrected chi connectivity index (χ0v) is 26.1. The smallest absolute Gasteiger partial charge is 0.330 e. The second-order valence-corrected chi connectivity index (χ2v) is 16.6. The first-order chi connectivity index (χ1) is 18.8. The summed E-state index contributed by atoms with van der Waals surface area (Å²) < 4.78 is 37.4. The Kier molecular flexibility index (Phi) is 9.09. The number of hydrogen-bond donors (Lipinski definition) is 0. The van der Waals surface area contributed by atoms with Crippen LogP contribution >= 0.6 is 0 Å². The molecule has 40 heavy (non-hydrogen) atoms. The molecule has 0 saturated carbocycles. The minimum Gasteiger partial charge on any atom is -0.463 e. The van der Waals surface area contributed by atoms with E-state index in [-0.39, 0.29) is 24.4 Å². The monoisotopic (exact) mass is 568 g/mol. The predicted octanol–water partition coefficient (Wildman–Crippen LogP) is 4.72. The summed E-state index contributed by atoms with van der Waals surface area (Å²) in [5.41, 5.74) is 0.648. The summed E-state index contributed by atoms with van der Waals surface area (Å²) in [5.74, 6) is -2.07. The van der Waals surface area contributed by atoms with Crippen LogP contribution in [0.15, 0.2) is 72.3 Å². The van der Waals surface area contributed by atoms with Crippen molar-refractivity contribution in [3.8, 4) is 0 Å². The van der Waals surface area contributed by atoms with Gasteiger partial charge < -0.3 is 28.1 Å². The molecule has 2 aliphatic heterocycles. The molecule has 0 aromatic heterocycles. The van der Waals surface area contributed by atoms with E-state index in [1.165, 1.54) is 6.08 Å². The Balaban J connectivity index is 1.77. The fourth-order valence-corrected chi connectivity index (χ4v) is 10.3. The number of ether oxygens (including phenoxy) is 5. The Bertz CT molecular complexity index is 1130. The molecule has 4 rings (SSSR count). The normalized spacial score (nSPS) is 24.7. The van der Waals surface area contributed by atoms with Crippen LogP contribution in [0.1, 0.15) is 55.4 Å². The second kappa shape index (κ2) is 11.9. The molecule has 0 spiro atoms. The summed E-state index contributed by atoms with van der Waals surface area (Å²) in [5, 5.41) is 2.07. The Hall–Kier alpha value is -2.33. The number of benzene rings is 2. The van der Waals surface area contributed by atoms with Gasteiger partial charge in [-0.15, -0.1) is 0 Å². The molecule has 8 heteroatoms. The van der Waals surface area contributed by atoms with Crippen molar-refractivity contribution in [1.29, 1.82) is 0 Å². The van der Waals surface area contributed by atoms with Crippen molar-refractivity contribution in [2.45, 2.75) is 90.3 Å². The van der Waals surface area contributed by atoms with Gasteiger partial charge in [0.1, 0.15) is 18.3 Å². The van der Waals surface area contributed by atoms with Gasteiger partial charge in [-0.2, -0.15) is 0 Å². The molecule has 0 radical (unpaired) electrons. The van der Waals surface area contributed by atoms with E-state index in [4.69, 9.17) is 28.1 Å². The Labute approximate surface area is 239 Å². The molecular weight excluding hydrogens is 524 g/mol. The standard InChI is InChI=1S/C32H44O7Si/c1-9-34-27(33)20-23(28-29(39-32(7,8)38-28)26-22-35-31(5,6)37-26)21-36-40(30(2,3)4,24-16-12-10-13-17-24)25-18-14-11-15-19-25/h10-20,26,28-29H,9,21-22H2,1-8H3/b23-20-/t26-,28-,29-/m1/s1. The van der Waals surface area contributed by atoms with E-state index >= 15 is 0 Å². The molecular formula is C32H44O7Si. The van der Waals surface area contributed by atoms with Crippen LogP contribution in [0.25, 0.3) is 0 Å². The lowest BCUT2D eigenvalue weighted by Gasteiger charge is -2.43. The van der Waals surface area contributed by atoms with E-state index in [9.17, 15) is 4.79 Å². The van der Waals surface area contributed by atoms with E-state index in [0.29, 0.717) is 12.2 Å². The van der Waals surface area contributed by atoms with Crippen molar-refractivity contribution in [3.63, 3.8) is 0 Å². The average molecular weight is 569 g/mol. The molecule has 0 N–H and O–H groups in total. The molecule has 2 aliphatic rings. The Morgan fingerprint density at radius 1 is 0.925 bits per heavy atom. The third kappa shape index (κ3) is 6.59. The summed E-state index contributed by atoms with van der Waals surface area (Å²) in [6.45, 7) is 16.7. The largest absolute Gasteiger partial charge is 0.463 e. The lowest BCUT2D eigenvalue weighted by Crippen LogP contribution is -2.66. The Morgan fingerprint density at radius 2 is 1.50 bits per heavy atom. The number of hydrogen-bond acceptors (Lipinski definition) is 7. The maximum Gasteiger partial charge on any atom is 0.330 e. The molecule has 0 unspecified atom stereocenters. The molecule has 2 heterocycles. The Morgan fingerprint density at radius 3 is 1.98 bits per heavy atom. The molecule has 3 atom stereocenters. The molecule has 2 fully saturated rings. The minimum absolute atomic E-state index is 0.156. The van der Waals surface area contributed by atoms with Crippen LogP contribution in [0.4, 0.5) is 0 Å². The van der Waals surface area contributed by atoms with Gasteiger partial charge >= 0.3 is 5.97 Å². The van der Waals surface area contributed by atoms with E-state index in [1.54, 1.807) is 6.92 Å². The van der Waals surface area contributed by atoms with Crippen LogP contribution in [0.3, 0.4) is 0 Å². The van der Waals surface area contributed by atoms with Crippen LogP contribution in [0.5, 0.6) is 0 Å². The summed E-state index contributed by atoms with van der Waals surface area (Å²) in [7, 11) is -2.89. The van der Waals surface area contributed by atoms with Crippen molar-refractivity contribution in [2.24, 2.45) is 0 Å². The SMILES string of the molecule is CCOC(=O)/C=C(/CO[Si](c1ccccc1)(c1ccccc1)C(C)(C)C)[C@H]1OC(C)(C)O[C@@H]1[C@H]1COC(C)(C)O1. The second-order valence-electron chi connectivity index (χ2n) is 12.3. The number of carbonyl (C=O) groups excluding carboxylic acids is 1.